The van der Waals surface area contributed by atoms with Gasteiger partial charge in [0.2, 0.25) is 0 Å². The Morgan fingerprint density at radius 1 is 1.16 bits per heavy atom. The number of anilines is 2. The molecule has 14 heteroatoms. The van der Waals surface area contributed by atoms with E-state index < -0.39 is 20.0 Å². The van der Waals surface area contributed by atoms with Crippen LogP contribution in [-0.4, -0.2) is 111 Å². The Hall–Kier alpha value is -3.92. The van der Waals surface area contributed by atoms with E-state index in [1.54, 1.807) is 49.3 Å². The van der Waals surface area contributed by atoms with Gasteiger partial charge in [-0.25, -0.2) is 0 Å². The Balaban J connectivity index is 1.40. The number of benzene rings is 1. The molecule has 1 aromatic carbocycles. The third kappa shape index (κ3) is 7.32. The molecule has 0 aliphatic carbocycles. The van der Waals surface area contributed by atoms with E-state index in [1.165, 1.54) is 18.7 Å². The third-order valence-corrected chi connectivity index (χ3v) is 9.97. The van der Waals surface area contributed by atoms with E-state index in [2.05, 4.69) is 37.8 Å². The molecule has 2 aliphatic heterocycles. The minimum atomic E-state index is -4.40. The number of nitrogens with one attached hydrogen (secondary N) is 3. The summed E-state index contributed by atoms with van der Waals surface area (Å²) in [6.07, 6.45) is 3.79. The van der Waals surface area contributed by atoms with Gasteiger partial charge in [0, 0.05) is 0 Å². The number of fused-ring (bicyclic) bond motifs is 3. The average Bonchev–Trinajstić information content (AvgIpc) is 3.49. The normalized spacial score (nSPS) is 19.5. The van der Waals surface area contributed by atoms with Crippen LogP contribution >= 0.6 is 0 Å². The molecule has 0 radical (unpaired) electrons. The fourth-order valence-corrected chi connectivity index (χ4v) is 7.45. The van der Waals surface area contributed by atoms with Crippen LogP contribution < -0.4 is 25.1 Å². The van der Waals surface area contributed by atoms with Crippen molar-refractivity contribution in [1.82, 2.24) is 24.7 Å². The van der Waals surface area contributed by atoms with E-state index in [1.807, 2.05) is 6.07 Å². The number of hydrogen-bond acceptors (Lipinski definition) is 7. The van der Waals surface area contributed by atoms with Crippen LogP contribution in [0.15, 0.2) is 36.4 Å². The summed E-state index contributed by atoms with van der Waals surface area (Å²) in [5.41, 5.74) is 1.37. The Bertz CT molecular complexity index is 1630. The molecule has 45 heavy (non-hydrogen) atoms. The van der Waals surface area contributed by atoms with Gasteiger partial charge in [0.1, 0.15) is 0 Å². The van der Waals surface area contributed by atoms with Crippen molar-refractivity contribution in [2.24, 2.45) is 0 Å². The summed E-state index contributed by atoms with van der Waals surface area (Å²) in [4.78, 5) is 28.4. The molecule has 240 valence electrons. The number of pyridine rings is 1. The van der Waals surface area contributed by atoms with Crippen molar-refractivity contribution < 1.29 is 27.5 Å². The second kappa shape index (κ2) is 13.6. The number of methoxy groups -OCH3 is 1. The summed E-state index contributed by atoms with van der Waals surface area (Å²) in [6.45, 7) is 0.428. The van der Waals surface area contributed by atoms with Gasteiger partial charge in [-0.2, -0.15) is 0 Å². The number of alkyl halides is 3. The van der Waals surface area contributed by atoms with Gasteiger partial charge in [0.15, 0.2) is 0 Å². The minimum absolute atomic E-state index is 0.0179. The van der Waals surface area contributed by atoms with E-state index in [9.17, 15) is 22.8 Å². The first-order valence-electron chi connectivity index (χ1n) is 14.6. The molecule has 2 aliphatic rings. The Kier molecular flexibility index (Phi) is 9.82. The Morgan fingerprint density at radius 2 is 1.93 bits per heavy atom. The summed E-state index contributed by atoms with van der Waals surface area (Å²) in [6, 6.07) is 10.6. The van der Waals surface area contributed by atoms with Crippen LogP contribution in [0.4, 0.5) is 24.7 Å². The fraction of sp³-hybridized carbons (Fsp3) is 0.452. The molecule has 0 spiro atoms. The molecule has 2 amide bonds. The van der Waals surface area contributed by atoms with Crippen LogP contribution in [0.5, 0.6) is 5.75 Å². The molecule has 2 saturated heterocycles. The molecule has 0 unspecified atom stereocenters. The average molecular weight is 691 g/mol. The van der Waals surface area contributed by atoms with Crippen molar-refractivity contribution in [3.63, 3.8) is 0 Å². The molecule has 0 saturated carbocycles. The van der Waals surface area contributed by atoms with Gasteiger partial charge in [0.05, 0.1) is 0 Å². The predicted octanol–water partition coefficient (Wildman–Crippen LogP) is 2.51. The zero-order valence-corrected chi connectivity index (χ0v) is 27.2. The third-order valence-electron chi connectivity index (χ3n) is 8.21. The van der Waals surface area contributed by atoms with Crippen LogP contribution in [0, 0.1) is 11.8 Å². The van der Waals surface area contributed by atoms with Gasteiger partial charge in [-0.3, -0.25) is 0 Å². The van der Waals surface area contributed by atoms with Gasteiger partial charge >= 0.3 is 267 Å². The van der Waals surface area contributed by atoms with Crippen molar-refractivity contribution in [2.75, 3.05) is 52.0 Å². The molecule has 10 nitrogen and oxygen atoms in total. The number of amides is 2. The van der Waals surface area contributed by atoms with Crippen molar-refractivity contribution in [3.05, 3.63) is 47.7 Å². The number of carbonyl (C=O) groups is 2. The number of nitrogens with zero attached hydrogens (tertiary/aromatic N) is 4. The molecule has 3 N–H and O–H groups in total. The molecule has 5 rings (SSSR count). The second-order valence-electron chi connectivity index (χ2n) is 11.2. The van der Waals surface area contributed by atoms with Gasteiger partial charge in [-0.15, -0.1) is 0 Å². The van der Waals surface area contributed by atoms with Crippen LogP contribution in [0.2, 0.25) is 0 Å². The SMILES string of the molecule is CNC(=O)c1ccc(OC)c(NCC#Cc2nn3c(N[C@@H]4CC[C@@H]5CC[C@H]4N5CC(=O)N(C)C)cccc3c2[Se]C(F)(F)F)c1. The van der Waals surface area contributed by atoms with E-state index in [-0.39, 0.29) is 40.6 Å². The van der Waals surface area contributed by atoms with Crippen molar-refractivity contribution >= 4 is 48.3 Å². The zero-order chi connectivity index (χ0) is 32.3. The molecule has 4 heterocycles. The summed E-state index contributed by atoms with van der Waals surface area (Å²) in [5.74, 6) is 6.61. The number of aromatic nitrogens is 2. The summed E-state index contributed by atoms with van der Waals surface area (Å²) < 4.78 is 48.2. The monoisotopic (exact) mass is 691 g/mol. The first-order valence-corrected chi connectivity index (χ1v) is 16.3. The molecule has 2 fully saturated rings. The van der Waals surface area contributed by atoms with Gasteiger partial charge in [0.25, 0.3) is 0 Å². The van der Waals surface area contributed by atoms with E-state index in [0.29, 0.717) is 40.9 Å². The van der Waals surface area contributed by atoms with Crippen molar-refractivity contribution in [1.29, 1.82) is 0 Å². The molecular weight excluding hydrogens is 654 g/mol. The number of halogens is 3. The van der Waals surface area contributed by atoms with Crippen LogP contribution in [0.1, 0.15) is 41.7 Å². The van der Waals surface area contributed by atoms with Gasteiger partial charge < -0.3 is 0 Å². The molecule has 2 bridgehead atoms. The number of hydrogen-bond donors (Lipinski definition) is 3. The quantitative estimate of drug-likeness (QED) is 0.235. The molecule has 3 atom stereocenters. The van der Waals surface area contributed by atoms with Crippen LogP contribution in [0.3, 0.4) is 0 Å². The van der Waals surface area contributed by atoms with E-state index in [0.717, 1.165) is 25.7 Å². The summed E-state index contributed by atoms with van der Waals surface area (Å²) >= 11 is -1.87. The first-order chi connectivity index (χ1) is 21.5. The fourth-order valence-electron chi connectivity index (χ4n) is 6.03. The number of rotatable bonds is 9. The first kappa shape index (κ1) is 32.5. The second-order valence-corrected chi connectivity index (χ2v) is 13.4. The zero-order valence-electron chi connectivity index (χ0n) is 25.5. The van der Waals surface area contributed by atoms with E-state index in [4.69, 9.17) is 4.74 Å². The number of ether oxygens (including phenoxy) is 1. The molecule has 3 aromatic rings. The maximum absolute atomic E-state index is 13.8. The van der Waals surface area contributed by atoms with Crippen molar-refractivity contribution in [3.8, 4) is 17.6 Å². The maximum atomic E-state index is 13.8. The number of likely N-dealkylation sites (N-methyl/N-ethyl adjacent to an activating group) is 1. The van der Waals surface area contributed by atoms with Gasteiger partial charge in [-0.1, -0.05) is 0 Å². The Labute approximate surface area is 266 Å². The Morgan fingerprint density at radius 3 is 2.64 bits per heavy atom. The predicted molar refractivity (Wildman–Crippen MR) is 167 cm³/mol. The van der Waals surface area contributed by atoms with E-state index >= 15 is 0 Å². The van der Waals surface area contributed by atoms with Crippen LogP contribution in [-0.2, 0) is 4.79 Å². The molecular formula is C31H36F3N7O3Se. The number of piperidine rings is 1. The topological polar surface area (TPSA) is 103 Å². The summed E-state index contributed by atoms with van der Waals surface area (Å²) in [5, 5.41) is 9.37. The van der Waals surface area contributed by atoms with Gasteiger partial charge in [-0.05, 0) is 0 Å². The van der Waals surface area contributed by atoms with Crippen LogP contribution in [0.25, 0.3) is 5.52 Å². The standard InChI is InChI=1S/C31H36F3N7O3Se/c1-35-30(43)19-10-15-26(44-4)23(17-19)36-16-6-7-22-29(45-31(32,33)34)25-8-5-9-27(41(25)38-22)37-21-13-11-20-12-14-24(21)40(20)18-28(42)39(2)3/h5,8-10,15,17,20-21,24,36-37H,11-14,16,18H2,1-4H3,(H,35,43)/t20-,21-,24-/m1/s1. The molecule has 2 aromatic heterocycles. The summed E-state index contributed by atoms with van der Waals surface area (Å²) in [7, 11) is 6.53. The van der Waals surface area contributed by atoms with Crippen molar-refractivity contribution in [2.45, 2.75) is 48.9 Å². The number of carbonyl (C=O) groups excluding carboxylic acids is 2.